The Balaban J connectivity index is 1.82. The lowest BCUT2D eigenvalue weighted by atomic mass is 9.84. The van der Waals surface area contributed by atoms with E-state index in [0.29, 0.717) is 12.1 Å². The molecule has 2 aliphatic carbocycles. The monoisotopic (exact) mass is 224 g/mol. The second-order valence-electron chi connectivity index (χ2n) is 5.14. The van der Waals surface area contributed by atoms with Crippen molar-refractivity contribution in [3.63, 3.8) is 0 Å². The quantitative estimate of drug-likeness (QED) is 0.295. The van der Waals surface area contributed by atoms with Crippen molar-refractivity contribution in [1.29, 1.82) is 0 Å². The summed E-state index contributed by atoms with van der Waals surface area (Å²) in [4.78, 5) is 4.52. The number of rotatable bonds is 3. The lowest BCUT2D eigenvalue weighted by Gasteiger charge is -2.29. The van der Waals surface area contributed by atoms with Gasteiger partial charge in [0.2, 0.25) is 5.96 Å². The molecule has 16 heavy (non-hydrogen) atoms. The average molecular weight is 224 g/mol. The van der Waals surface area contributed by atoms with Crippen molar-refractivity contribution in [3.8, 4) is 0 Å². The third-order valence-corrected chi connectivity index (χ3v) is 3.70. The Morgan fingerprint density at radius 3 is 2.75 bits per heavy atom. The molecular formula is C12H24N4. The molecule has 0 aromatic rings. The van der Waals surface area contributed by atoms with Gasteiger partial charge >= 0.3 is 0 Å². The first-order valence-corrected chi connectivity index (χ1v) is 6.62. The Hall–Kier alpha value is -0.770. The van der Waals surface area contributed by atoms with Gasteiger partial charge in [-0.15, -0.1) is 0 Å². The van der Waals surface area contributed by atoms with Gasteiger partial charge in [-0.25, -0.2) is 10.8 Å². The molecule has 2 atom stereocenters. The van der Waals surface area contributed by atoms with Crippen LogP contribution in [-0.2, 0) is 0 Å². The predicted molar refractivity (Wildman–Crippen MR) is 67.0 cm³/mol. The molecule has 2 rings (SSSR count). The molecule has 0 aromatic heterocycles. The number of aliphatic imine (C=N–C) groups is 1. The van der Waals surface area contributed by atoms with E-state index in [0.717, 1.165) is 11.9 Å². The summed E-state index contributed by atoms with van der Waals surface area (Å²) in [6.07, 6.45) is 8.97. The van der Waals surface area contributed by atoms with E-state index in [9.17, 15) is 0 Å². The smallest absolute Gasteiger partial charge is 0.206 e. The molecule has 0 aromatic carbocycles. The fraction of sp³-hybridized carbons (Fsp3) is 0.917. The number of guanidine groups is 1. The summed E-state index contributed by atoms with van der Waals surface area (Å²) >= 11 is 0. The summed E-state index contributed by atoms with van der Waals surface area (Å²) < 4.78 is 0. The number of hydrazine groups is 1. The summed E-state index contributed by atoms with van der Waals surface area (Å²) in [6, 6.07) is 1.08. The topological polar surface area (TPSA) is 62.4 Å². The second kappa shape index (κ2) is 5.53. The molecule has 0 spiro atoms. The van der Waals surface area contributed by atoms with Crippen molar-refractivity contribution < 1.29 is 0 Å². The Kier molecular flexibility index (Phi) is 4.04. The molecule has 2 unspecified atom stereocenters. The van der Waals surface area contributed by atoms with E-state index < -0.39 is 0 Å². The Labute approximate surface area is 98.0 Å². The van der Waals surface area contributed by atoms with Gasteiger partial charge in [0.25, 0.3) is 0 Å². The van der Waals surface area contributed by atoms with Gasteiger partial charge in [0, 0.05) is 6.04 Å². The standard InChI is InChI=1S/C12H24N4/c1-2-9-4-3-5-11(8-9)15-12(16-13)14-10-6-7-10/h9-11H,2-8,13H2,1H3,(H2,14,15,16). The zero-order valence-electron chi connectivity index (χ0n) is 10.2. The van der Waals surface area contributed by atoms with Crippen molar-refractivity contribution in [1.82, 2.24) is 10.7 Å². The van der Waals surface area contributed by atoms with E-state index in [4.69, 9.17) is 5.84 Å². The molecule has 0 heterocycles. The highest BCUT2D eigenvalue weighted by Crippen LogP contribution is 2.27. The first-order chi connectivity index (χ1) is 7.81. The highest BCUT2D eigenvalue weighted by Gasteiger charge is 2.24. The molecule has 0 amide bonds. The average Bonchev–Trinajstić information content (AvgIpc) is 3.12. The molecule has 0 bridgehead atoms. The largest absolute Gasteiger partial charge is 0.353 e. The normalized spacial score (nSPS) is 31.2. The van der Waals surface area contributed by atoms with E-state index >= 15 is 0 Å². The fourth-order valence-electron chi connectivity index (χ4n) is 2.49. The van der Waals surface area contributed by atoms with E-state index in [1.165, 1.54) is 44.9 Å². The summed E-state index contributed by atoms with van der Waals surface area (Å²) in [7, 11) is 0. The number of hydrogen-bond acceptors (Lipinski definition) is 2. The van der Waals surface area contributed by atoms with E-state index in [1.54, 1.807) is 0 Å². The van der Waals surface area contributed by atoms with Crippen LogP contribution in [0.1, 0.15) is 51.9 Å². The molecule has 92 valence electrons. The van der Waals surface area contributed by atoms with Gasteiger partial charge in [-0.3, -0.25) is 5.43 Å². The zero-order valence-corrected chi connectivity index (χ0v) is 10.2. The number of nitrogens with zero attached hydrogens (tertiary/aromatic N) is 1. The van der Waals surface area contributed by atoms with Gasteiger partial charge in [-0.2, -0.15) is 0 Å². The number of nitrogens with one attached hydrogen (secondary N) is 2. The molecule has 0 radical (unpaired) electrons. The van der Waals surface area contributed by atoms with E-state index in [1.807, 2.05) is 0 Å². The van der Waals surface area contributed by atoms with Crippen molar-refractivity contribution in [2.45, 2.75) is 64.0 Å². The van der Waals surface area contributed by atoms with Crippen LogP contribution in [0.4, 0.5) is 0 Å². The van der Waals surface area contributed by atoms with Gasteiger partial charge in [0.05, 0.1) is 6.04 Å². The van der Waals surface area contributed by atoms with Crippen LogP contribution in [0, 0.1) is 5.92 Å². The lowest BCUT2D eigenvalue weighted by Crippen LogP contribution is -2.48. The fourth-order valence-corrected chi connectivity index (χ4v) is 2.49. The van der Waals surface area contributed by atoms with E-state index in [-0.39, 0.29) is 0 Å². The van der Waals surface area contributed by atoms with Crippen molar-refractivity contribution in [3.05, 3.63) is 0 Å². The molecule has 2 fully saturated rings. The maximum absolute atomic E-state index is 5.49. The van der Waals surface area contributed by atoms with Crippen LogP contribution in [-0.4, -0.2) is 18.0 Å². The SMILES string of the molecule is CCC1CCCC(NC(=NC2CC2)NN)C1. The number of nitrogens with two attached hydrogens (primary N) is 1. The lowest BCUT2D eigenvalue weighted by molar-refractivity contribution is 0.298. The van der Waals surface area contributed by atoms with E-state index in [2.05, 4.69) is 22.7 Å². The second-order valence-corrected chi connectivity index (χ2v) is 5.14. The van der Waals surface area contributed by atoms with Crippen LogP contribution in [0.25, 0.3) is 0 Å². The first kappa shape index (κ1) is 11.7. The minimum absolute atomic E-state index is 0.518. The first-order valence-electron chi connectivity index (χ1n) is 6.62. The highest BCUT2D eigenvalue weighted by atomic mass is 15.3. The Bertz CT molecular complexity index is 247. The Morgan fingerprint density at radius 1 is 1.31 bits per heavy atom. The van der Waals surface area contributed by atoms with Crippen LogP contribution in [0.3, 0.4) is 0 Å². The minimum Gasteiger partial charge on any atom is -0.353 e. The molecule has 0 saturated heterocycles. The van der Waals surface area contributed by atoms with Crippen LogP contribution in [0.15, 0.2) is 4.99 Å². The molecule has 4 heteroatoms. The van der Waals surface area contributed by atoms with Gasteiger partial charge in [-0.1, -0.05) is 26.2 Å². The molecule has 2 aliphatic rings. The van der Waals surface area contributed by atoms with Crippen molar-refractivity contribution >= 4 is 5.96 Å². The zero-order chi connectivity index (χ0) is 11.4. The third kappa shape index (κ3) is 3.37. The third-order valence-electron chi connectivity index (χ3n) is 3.70. The number of hydrogen-bond donors (Lipinski definition) is 3. The van der Waals surface area contributed by atoms with Crippen molar-refractivity contribution in [2.24, 2.45) is 16.8 Å². The molecular weight excluding hydrogens is 200 g/mol. The van der Waals surface area contributed by atoms with Gasteiger partial charge in [0.1, 0.15) is 0 Å². The minimum atomic E-state index is 0.518. The van der Waals surface area contributed by atoms with Gasteiger partial charge < -0.3 is 5.32 Å². The van der Waals surface area contributed by atoms with Gasteiger partial charge in [0.15, 0.2) is 0 Å². The van der Waals surface area contributed by atoms with Crippen molar-refractivity contribution in [2.75, 3.05) is 0 Å². The van der Waals surface area contributed by atoms with Crippen LogP contribution in [0.2, 0.25) is 0 Å². The maximum atomic E-state index is 5.49. The van der Waals surface area contributed by atoms with Crippen LogP contribution < -0.4 is 16.6 Å². The Morgan fingerprint density at radius 2 is 2.12 bits per heavy atom. The molecule has 4 N–H and O–H groups in total. The molecule has 4 nitrogen and oxygen atoms in total. The maximum Gasteiger partial charge on any atom is 0.206 e. The summed E-state index contributed by atoms with van der Waals surface area (Å²) in [6.45, 7) is 2.29. The summed E-state index contributed by atoms with van der Waals surface area (Å²) in [5, 5.41) is 3.46. The predicted octanol–water partition coefficient (Wildman–Crippen LogP) is 1.53. The highest BCUT2D eigenvalue weighted by molar-refractivity contribution is 5.79. The molecule has 2 saturated carbocycles. The summed E-state index contributed by atoms with van der Waals surface area (Å²) in [5.74, 6) is 7.17. The van der Waals surface area contributed by atoms with Crippen LogP contribution in [0.5, 0.6) is 0 Å². The molecule has 0 aliphatic heterocycles. The van der Waals surface area contributed by atoms with Gasteiger partial charge in [-0.05, 0) is 31.6 Å². The summed E-state index contributed by atoms with van der Waals surface area (Å²) in [5.41, 5.74) is 2.69. The van der Waals surface area contributed by atoms with Crippen LogP contribution >= 0.6 is 0 Å².